The molecule has 1 fully saturated rings. The van der Waals surface area contributed by atoms with Crippen LogP contribution in [0.2, 0.25) is 0 Å². The molecule has 0 bridgehead atoms. The third-order valence-electron chi connectivity index (χ3n) is 6.95. The number of anilines is 1. The summed E-state index contributed by atoms with van der Waals surface area (Å²) >= 11 is 0. The Hall–Kier alpha value is -3.49. The van der Waals surface area contributed by atoms with Gasteiger partial charge in [0.1, 0.15) is 11.6 Å². The Balaban J connectivity index is 1.73. The predicted octanol–water partition coefficient (Wildman–Crippen LogP) is 3.30. The lowest BCUT2D eigenvalue weighted by Gasteiger charge is -2.27. The van der Waals surface area contributed by atoms with Gasteiger partial charge in [-0.25, -0.2) is 4.98 Å². The normalized spacial score (nSPS) is 16.7. The molecule has 36 heavy (non-hydrogen) atoms. The molecule has 188 valence electrons. The Labute approximate surface area is 211 Å². The van der Waals surface area contributed by atoms with Crippen molar-refractivity contribution >= 4 is 28.6 Å². The van der Waals surface area contributed by atoms with E-state index in [1.54, 1.807) is 22.5 Å². The zero-order valence-corrected chi connectivity index (χ0v) is 21.2. The maximum Gasteiger partial charge on any atom is 0.266 e. The number of carbonyl (C=O) groups is 1. The number of hydrogen-bond acceptors (Lipinski definition) is 6. The van der Waals surface area contributed by atoms with Crippen LogP contribution in [-0.2, 0) is 11.3 Å². The molecule has 5 rings (SSSR count). The molecule has 0 radical (unpaired) electrons. The number of amides is 1. The van der Waals surface area contributed by atoms with Gasteiger partial charge in [-0.15, -0.1) is 0 Å². The summed E-state index contributed by atoms with van der Waals surface area (Å²) in [7, 11) is 2.14. The predicted molar refractivity (Wildman–Crippen MR) is 143 cm³/mol. The van der Waals surface area contributed by atoms with Crippen molar-refractivity contribution in [2.24, 2.45) is 0 Å². The van der Waals surface area contributed by atoms with E-state index < -0.39 is 0 Å². The maximum absolute atomic E-state index is 14.1. The number of nitrogens with zero attached hydrogens (tertiary/aromatic N) is 5. The van der Waals surface area contributed by atoms with Gasteiger partial charge in [0.2, 0.25) is 5.91 Å². The average molecular weight is 488 g/mol. The highest BCUT2D eigenvalue weighted by molar-refractivity contribution is 6.01. The van der Waals surface area contributed by atoms with Crippen LogP contribution in [0.4, 0.5) is 5.69 Å². The van der Waals surface area contributed by atoms with Crippen molar-refractivity contribution in [1.29, 1.82) is 0 Å². The Bertz CT molecular complexity index is 1380. The van der Waals surface area contributed by atoms with Gasteiger partial charge in [0, 0.05) is 32.1 Å². The average Bonchev–Trinajstić information content (AvgIpc) is 3.08. The Morgan fingerprint density at radius 2 is 1.89 bits per heavy atom. The molecule has 0 unspecified atom stereocenters. The lowest BCUT2D eigenvalue weighted by Crippen LogP contribution is -2.34. The van der Waals surface area contributed by atoms with Gasteiger partial charge in [-0.05, 0) is 57.7 Å². The largest absolute Gasteiger partial charge is 0.492 e. The summed E-state index contributed by atoms with van der Waals surface area (Å²) in [5.74, 6) is 1.29. The Kier molecular flexibility index (Phi) is 6.89. The van der Waals surface area contributed by atoms with Crippen molar-refractivity contribution in [3.8, 4) is 11.4 Å². The van der Waals surface area contributed by atoms with Gasteiger partial charge >= 0.3 is 0 Å². The number of fused-ring (bicyclic) bond motifs is 3. The van der Waals surface area contributed by atoms with Crippen LogP contribution < -0.4 is 15.2 Å². The second kappa shape index (κ2) is 10.2. The first-order valence-corrected chi connectivity index (χ1v) is 12.6. The zero-order chi connectivity index (χ0) is 25.2. The highest BCUT2D eigenvalue weighted by atomic mass is 16.5. The molecule has 0 aliphatic carbocycles. The van der Waals surface area contributed by atoms with Crippen molar-refractivity contribution in [3.63, 3.8) is 0 Å². The molecule has 1 aromatic heterocycles. The molecular weight excluding hydrogens is 454 g/mol. The topological polar surface area (TPSA) is 70.9 Å². The molecule has 0 saturated carbocycles. The molecule has 2 aromatic carbocycles. The third kappa shape index (κ3) is 4.54. The second-order valence-corrected chi connectivity index (χ2v) is 9.43. The lowest BCUT2D eigenvalue weighted by atomic mass is 10.0. The van der Waals surface area contributed by atoms with E-state index in [2.05, 4.69) is 16.8 Å². The van der Waals surface area contributed by atoms with E-state index in [1.807, 2.05) is 49.4 Å². The first-order valence-electron chi connectivity index (χ1n) is 12.6. The van der Waals surface area contributed by atoms with Crippen molar-refractivity contribution in [1.82, 2.24) is 19.4 Å². The number of benzene rings is 2. The minimum absolute atomic E-state index is 0.0344. The van der Waals surface area contributed by atoms with E-state index in [9.17, 15) is 9.59 Å². The molecule has 3 heterocycles. The molecule has 0 N–H and O–H groups in total. The van der Waals surface area contributed by atoms with Gasteiger partial charge in [-0.3, -0.25) is 19.1 Å². The Morgan fingerprint density at radius 1 is 1.06 bits per heavy atom. The van der Waals surface area contributed by atoms with Gasteiger partial charge in [-0.2, -0.15) is 0 Å². The summed E-state index contributed by atoms with van der Waals surface area (Å²) in [5.41, 5.74) is 2.80. The fourth-order valence-electron chi connectivity index (χ4n) is 5.11. The summed E-state index contributed by atoms with van der Waals surface area (Å²) in [6, 6.07) is 11.3. The summed E-state index contributed by atoms with van der Waals surface area (Å²) in [4.78, 5) is 37.9. The molecule has 0 spiro atoms. The standard InChI is InChI=1S/C28H33N5O3/c1-4-36-25-11-6-5-10-24(25)33-26(19-31-15-8-14-30(3)17-18-31)29-27-21-9-7-16-32(20(2)34)23(21)13-12-22(27)28(33)35/h5-7,9-13H,4,8,14-19H2,1-3H3. The van der Waals surface area contributed by atoms with E-state index >= 15 is 0 Å². The van der Waals surface area contributed by atoms with E-state index in [0.717, 1.165) is 43.9 Å². The molecule has 1 amide bonds. The minimum atomic E-state index is -0.134. The van der Waals surface area contributed by atoms with Crippen LogP contribution in [0.15, 0.2) is 47.3 Å². The van der Waals surface area contributed by atoms with Gasteiger partial charge in [-0.1, -0.05) is 24.3 Å². The monoisotopic (exact) mass is 487 g/mol. The summed E-state index contributed by atoms with van der Waals surface area (Å²) < 4.78 is 7.62. The number of carbonyl (C=O) groups excluding carboxylic acids is 1. The van der Waals surface area contributed by atoms with Crippen molar-refractivity contribution in [2.45, 2.75) is 26.8 Å². The smallest absolute Gasteiger partial charge is 0.266 e. The van der Waals surface area contributed by atoms with Gasteiger partial charge < -0.3 is 14.5 Å². The maximum atomic E-state index is 14.1. The zero-order valence-electron chi connectivity index (χ0n) is 21.2. The lowest BCUT2D eigenvalue weighted by molar-refractivity contribution is -0.116. The molecule has 3 aromatic rings. The molecule has 2 aliphatic heterocycles. The van der Waals surface area contributed by atoms with E-state index in [4.69, 9.17) is 9.72 Å². The molecule has 0 atom stereocenters. The quantitative estimate of drug-likeness (QED) is 0.550. The highest BCUT2D eigenvalue weighted by Gasteiger charge is 2.24. The highest BCUT2D eigenvalue weighted by Crippen LogP contribution is 2.32. The number of likely N-dealkylation sites (N-methyl/N-ethyl adjacent to an activating group) is 1. The number of hydrogen-bond donors (Lipinski definition) is 0. The number of ether oxygens (including phenoxy) is 1. The first-order chi connectivity index (χ1) is 17.5. The van der Waals surface area contributed by atoms with Gasteiger partial charge in [0.25, 0.3) is 5.56 Å². The summed E-state index contributed by atoms with van der Waals surface area (Å²) in [6.45, 7) is 8.93. The van der Waals surface area contributed by atoms with Crippen LogP contribution in [-0.4, -0.2) is 71.6 Å². The van der Waals surface area contributed by atoms with E-state index in [1.165, 1.54) is 0 Å². The fraction of sp³-hybridized carbons (Fsp3) is 0.393. The number of aromatic nitrogens is 2. The number of rotatable bonds is 5. The third-order valence-corrected chi connectivity index (χ3v) is 6.95. The molecule has 2 aliphatic rings. The van der Waals surface area contributed by atoms with Crippen molar-refractivity contribution in [2.75, 3.05) is 51.3 Å². The summed E-state index contributed by atoms with van der Waals surface area (Å²) in [6.07, 6.45) is 4.99. The SMILES string of the molecule is CCOc1ccccc1-n1c(CN2CCCN(C)CC2)nc2c3c(ccc2c1=O)N(C(C)=O)CC=C3. The van der Waals surface area contributed by atoms with Crippen molar-refractivity contribution < 1.29 is 9.53 Å². The molecule has 8 heteroatoms. The number of para-hydroxylation sites is 2. The van der Waals surface area contributed by atoms with Crippen LogP contribution in [0.5, 0.6) is 5.75 Å². The fourth-order valence-corrected chi connectivity index (χ4v) is 5.11. The molecule has 1 saturated heterocycles. The minimum Gasteiger partial charge on any atom is -0.492 e. The van der Waals surface area contributed by atoms with Crippen LogP contribution in [0.25, 0.3) is 22.7 Å². The van der Waals surface area contributed by atoms with E-state index in [-0.39, 0.29) is 11.5 Å². The van der Waals surface area contributed by atoms with Crippen molar-refractivity contribution in [3.05, 3.63) is 64.2 Å². The van der Waals surface area contributed by atoms with Crippen LogP contribution in [0.1, 0.15) is 31.7 Å². The molecule has 8 nitrogen and oxygen atoms in total. The van der Waals surface area contributed by atoms with Crippen LogP contribution in [0.3, 0.4) is 0 Å². The van der Waals surface area contributed by atoms with Gasteiger partial charge in [0.15, 0.2) is 0 Å². The first kappa shape index (κ1) is 24.2. The van der Waals surface area contributed by atoms with Crippen LogP contribution in [0, 0.1) is 0 Å². The second-order valence-electron chi connectivity index (χ2n) is 9.43. The van der Waals surface area contributed by atoms with Gasteiger partial charge in [0.05, 0.1) is 35.4 Å². The van der Waals surface area contributed by atoms with E-state index in [0.29, 0.717) is 47.9 Å². The summed E-state index contributed by atoms with van der Waals surface area (Å²) in [5, 5.41) is 0.523. The van der Waals surface area contributed by atoms with Crippen LogP contribution >= 0.6 is 0 Å². The Morgan fingerprint density at radius 3 is 2.69 bits per heavy atom. The molecular formula is C28H33N5O3.